The predicted molar refractivity (Wildman–Crippen MR) is 67.2 cm³/mol. The molecule has 0 fully saturated rings. The number of hydrogen-bond donors (Lipinski definition) is 1. The largest absolute Gasteiger partial charge is 0.396 e. The van der Waals surface area contributed by atoms with Crippen molar-refractivity contribution in [2.45, 2.75) is 12.8 Å². The number of carbonyl (C=O) groups is 1. The van der Waals surface area contributed by atoms with Crippen LogP contribution in [0.4, 0.5) is 0 Å². The fourth-order valence-corrected chi connectivity index (χ4v) is 1.85. The summed E-state index contributed by atoms with van der Waals surface area (Å²) in [5, 5.41) is 8.65. The van der Waals surface area contributed by atoms with Gasteiger partial charge in [0.05, 0.1) is 6.61 Å². The third-order valence-corrected chi connectivity index (χ3v) is 2.87. The molecule has 0 radical (unpaired) electrons. The molecule has 1 aromatic rings. The topological polar surface area (TPSA) is 40.5 Å². The van der Waals surface area contributed by atoms with Crippen molar-refractivity contribution in [2.75, 3.05) is 20.2 Å². The summed E-state index contributed by atoms with van der Waals surface area (Å²) in [6.07, 6.45) is 1.03. The standard InChI is InChI=1S/C12H16BrNO2/c1-14(12(16)6-8-15)7-5-10-3-2-4-11(13)9-10/h2-4,9,15H,5-8H2,1H3. The van der Waals surface area contributed by atoms with Crippen LogP contribution >= 0.6 is 15.9 Å². The third-order valence-electron chi connectivity index (χ3n) is 2.38. The van der Waals surface area contributed by atoms with E-state index in [2.05, 4.69) is 15.9 Å². The maximum atomic E-state index is 11.4. The van der Waals surface area contributed by atoms with Crippen LogP contribution in [-0.4, -0.2) is 36.1 Å². The number of nitrogens with zero attached hydrogens (tertiary/aromatic N) is 1. The second-order valence-corrected chi connectivity index (χ2v) is 4.58. The van der Waals surface area contributed by atoms with Gasteiger partial charge in [-0.2, -0.15) is 0 Å². The Morgan fingerprint density at radius 2 is 2.25 bits per heavy atom. The van der Waals surface area contributed by atoms with Gasteiger partial charge >= 0.3 is 0 Å². The molecule has 0 saturated heterocycles. The van der Waals surface area contributed by atoms with E-state index in [-0.39, 0.29) is 18.9 Å². The van der Waals surface area contributed by atoms with Crippen LogP contribution in [0.5, 0.6) is 0 Å². The molecule has 0 spiro atoms. The number of halogens is 1. The van der Waals surface area contributed by atoms with Crippen molar-refractivity contribution < 1.29 is 9.90 Å². The summed E-state index contributed by atoms with van der Waals surface area (Å²) >= 11 is 3.41. The highest BCUT2D eigenvalue weighted by atomic mass is 79.9. The lowest BCUT2D eigenvalue weighted by molar-refractivity contribution is -0.130. The van der Waals surface area contributed by atoms with Crippen LogP contribution < -0.4 is 0 Å². The molecule has 0 saturated carbocycles. The van der Waals surface area contributed by atoms with Crippen molar-refractivity contribution in [3.8, 4) is 0 Å². The van der Waals surface area contributed by atoms with E-state index >= 15 is 0 Å². The highest BCUT2D eigenvalue weighted by Crippen LogP contribution is 2.12. The minimum atomic E-state index is -0.0833. The molecule has 0 aromatic heterocycles. The molecule has 1 amide bonds. The lowest BCUT2D eigenvalue weighted by Crippen LogP contribution is -2.29. The molecule has 0 bridgehead atoms. The molecule has 1 N–H and O–H groups in total. The van der Waals surface area contributed by atoms with E-state index in [1.54, 1.807) is 11.9 Å². The normalized spacial score (nSPS) is 10.2. The van der Waals surface area contributed by atoms with E-state index in [1.165, 1.54) is 5.56 Å². The van der Waals surface area contributed by atoms with Crippen LogP contribution in [0.3, 0.4) is 0 Å². The van der Waals surface area contributed by atoms with Gasteiger partial charge in [0, 0.05) is 24.5 Å². The first-order valence-electron chi connectivity index (χ1n) is 5.22. The second kappa shape index (κ2) is 6.66. The summed E-state index contributed by atoms with van der Waals surface area (Å²) < 4.78 is 1.05. The quantitative estimate of drug-likeness (QED) is 0.897. The van der Waals surface area contributed by atoms with E-state index in [0.29, 0.717) is 6.54 Å². The van der Waals surface area contributed by atoms with Gasteiger partial charge < -0.3 is 10.0 Å². The van der Waals surface area contributed by atoms with Crippen molar-refractivity contribution >= 4 is 21.8 Å². The zero-order chi connectivity index (χ0) is 12.0. The first-order valence-corrected chi connectivity index (χ1v) is 6.02. The molecule has 0 aliphatic carbocycles. The summed E-state index contributed by atoms with van der Waals surface area (Å²) in [5.41, 5.74) is 1.19. The molecule has 1 rings (SSSR count). The summed E-state index contributed by atoms with van der Waals surface area (Å²) in [6, 6.07) is 8.04. The molecular formula is C12H16BrNO2. The lowest BCUT2D eigenvalue weighted by atomic mass is 10.1. The summed E-state index contributed by atoms with van der Waals surface area (Å²) in [6.45, 7) is 0.593. The maximum Gasteiger partial charge on any atom is 0.224 e. The number of likely N-dealkylation sites (N-methyl/N-ethyl adjacent to an activating group) is 1. The van der Waals surface area contributed by atoms with Crippen LogP contribution in [0.15, 0.2) is 28.7 Å². The van der Waals surface area contributed by atoms with Crippen molar-refractivity contribution in [1.29, 1.82) is 0 Å². The molecule has 0 atom stereocenters. The molecule has 16 heavy (non-hydrogen) atoms. The third kappa shape index (κ3) is 4.33. The Morgan fingerprint density at radius 1 is 1.50 bits per heavy atom. The average Bonchev–Trinajstić information content (AvgIpc) is 2.26. The fourth-order valence-electron chi connectivity index (χ4n) is 1.40. The van der Waals surface area contributed by atoms with Crippen molar-refractivity contribution in [3.63, 3.8) is 0 Å². The van der Waals surface area contributed by atoms with E-state index in [1.807, 2.05) is 24.3 Å². The van der Waals surface area contributed by atoms with Gasteiger partial charge in [0.2, 0.25) is 5.91 Å². The van der Waals surface area contributed by atoms with Gasteiger partial charge in [-0.3, -0.25) is 4.79 Å². The molecule has 0 aliphatic heterocycles. The summed E-state index contributed by atoms with van der Waals surface area (Å²) in [5.74, 6) is -0.0162. The Bertz CT molecular complexity index is 355. The zero-order valence-corrected chi connectivity index (χ0v) is 10.9. The van der Waals surface area contributed by atoms with Crippen molar-refractivity contribution in [3.05, 3.63) is 34.3 Å². The van der Waals surface area contributed by atoms with Gasteiger partial charge in [0.25, 0.3) is 0 Å². The molecule has 0 aliphatic rings. The second-order valence-electron chi connectivity index (χ2n) is 3.67. The molecular weight excluding hydrogens is 270 g/mol. The van der Waals surface area contributed by atoms with E-state index in [0.717, 1.165) is 10.9 Å². The van der Waals surface area contributed by atoms with Crippen LogP contribution in [0, 0.1) is 0 Å². The maximum absolute atomic E-state index is 11.4. The average molecular weight is 286 g/mol. The van der Waals surface area contributed by atoms with Gasteiger partial charge in [-0.05, 0) is 24.1 Å². The molecule has 4 heteroatoms. The van der Waals surface area contributed by atoms with Gasteiger partial charge in [0.1, 0.15) is 0 Å². The summed E-state index contributed by atoms with van der Waals surface area (Å²) in [7, 11) is 1.76. The van der Waals surface area contributed by atoms with Gasteiger partial charge in [-0.1, -0.05) is 28.1 Å². The van der Waals surface area contributed by atoms with Crippen LogP contribution in [-0.2, 0) is 11.2 Å². The van der Waals surface area contributed by atoms with Crippen LogP contribution in [0.1, 0.15) is 12.0 Å². The van der Waals surface area contributed by atoms with E-state index in [4.69, 9.17) is 5.11 Å². The number of hydrogen-bond acceptors (Lipinski definition) is 2. The highest BCUT2D eigenvalue weighted by molar-refractivity contribution is 9.10. The van der Waals surface area contributed by atoms with Crippen LogP contribution in [0.25, 0.3) is 0 Å². The zero-order valence-electron chi connectivity index (χ0n) is 9.32. The van der Waals surface area contributed by atoms with E-state index < -0.39 is 0 Å². The first kappa shape index (κ1) is 13.2. The van der Waals surface area contributed by atoms with E-state index in [9.17, 15) is 4.79 Å². The Labute approximate surface area is 104 Å². The number of carbonyl (C=O) groups excluding carboxylic acids is 1. The molecule has 0 heterocycles. The SMILES string of the molecule is CN(CCc1cccc(Br)c1)C(=O)CCO. The smallest absolute Gasteiger partial charge is 0.224 e. The Morgan fingerprint density at radius 3 is 2.88 bits per heavy atom. The first-order chi connectivity index (χ1) is 7.63. The minimum Gasteiger partial charge on any atom is -0.396 e. The number of amides is 1. The Hall–Kier alpha value is -0.870. The molecule has 0 unspecified atom stereocenters. The number of aliphatic hydroxyl groups excluding tert-OH is 1. The van der Waals surface area contributed by atoms with Gasteiger partial charge in [-0.15, -0.1) is 0 Å². The molecule has 3 nitrogen and oxygen atoms in total. The van der Waals surface area contributed by atoms with Crippen molar-refractivity contribution in [2.24, 2.45) is 0 Å². The Kier molecular flexibility index (Phi) is 5.49. The molecule has 1 aromatic carbocycles. The Balaban J connectivity index is 2.42. The van der Waals surface area contributed by atoms with Crippen LogP contribution in [0.2, 0.25) is 0 Å². The lowest BCUT2D eigenvalue weighted by Gasteiger charge is -2.16. The predicted octanol–water partition coefficient (Wildman–Crippen LogP) is 1.83. The number of aliphatic hydroxyl groups is 1. The minimum absolute atomic E-state index is 0.0162. The van der Waals surface area contributed by atoms with Gasteiger partial charge in [-0.25, -0.2) is 0 Å². The van der Waals surface area contributed by atoms with Crippen molar-refractivity contribution in [1.82, 2.24) is 4.90 Å². The van der Waals surface area contributed by atoms with Gasteiger partial charge in [0.15, 0.2) is 0 Å². The highest BCUT2D eigenvalue weighted by Gasteiger charge is 2.07. The number of benzene rings is 1. The molecule has 88 valence electrons. The number of rotatable bonds is 5. The summed E-state index contributed by atoms with van der Waals surface area (Å²) in [4.78, 5) is 13.0. The fraction of sp³-hybridized carbons (Fsp3) is 0.417. The monoisotopic (exact) mass is 285 g/mol.